The number of carbonyl (C=O) groups is 2. The van der Waals surface area contributed by atoms with E-state index in [0.29, 0.717) is 17.6 Å². The highest BCUT2D eigenvalue weighted by Crippen LogP contribution is 2.36. The van der Waals surface area contributed by atoms with E-state index in [1.165, 1.54) is 24.3 Å². The van der Waals surface area contributed by atoms with Crippen LogP contribution in [0.5, 0.6) is 11.5 Å². The first-order chi connectivity index (χ1) is 12.7. The standard InChI is InChI=1S/C17H11ClF3NO5/c18-10-2-3-12(11(6-10)17(19,20)21)22-15(23)7-25-16(24)9-1-4-13-14(5-9)27-8-26-13/h1-6H,7-8H2,(H,22,23). The van der Waals surface area contributed by atoms with E-state index in [4.69, 9.17) is 25.8 Å². The molecule has 0 spiro atoms. The van der Waals surface area contributed by atoms with Crippen molar-refractivity contribution in [1.82, 2.24) is 0 Å². The maximum Gasteiger partial charge on any atom is 0.418 e. The Morgan fingerprint density at radius 3 is 2.59 bits per heavy atom. The number of hydrogen-bond acceptors (Lipinski definition) is 5. The molecular weight excluding hydrogens is 391 g/mol. The number of fused-ring (bicyclic) bond motifs is 1. The number of anilines is 1. The van der Waals surface area contributed by atoms with Crippen LogP contribution in [0.4, 0.5) is 18.9 Å². The van der Waals surface area contributed by atoms with E-state index in [1.54, 1.807) is 0 Å². The minimum absolute atomic E-state index is 0.0267. The largest absolute Gasteiger partial charge is 0.454 e. The summed E-state index contributed by atoms with van der Waals surface area (Å²) in [6.07, 6.45) is -4.71. The lowest BCUT2D eigenvalue weighted by molar-refractivity contribution is -0.137. The summed E-state index contributed by atoms with van der Waals surface area (Å²) in [6.45, 7) is -0.744. The second-order valence-corrected chi connectivity index (χ2v) is 5.82. The van der Waals surface area contributed by atoms with Gasteiger partial charge in [0.05, 0.1) is 16.8 Å². The van der Waals surface area contributed by atoms with Crippen molar-refractivity contribution >= 4 is 29.2 Å². The van der Waals surface area contributed by atoms with Crippen LogP contribution in [-0.4, -0.2) is 25.3 Å². The van der Waals surface area contributed by atoms with Gasteiger partial charge in [0.1, 0.15) is 0 Å². The Kier molecular flexibility index (Phi) is 5.13. The average Bonchev–Trinajstić information content (AvgIpc) is 3.08. The zero-order valence-corrected chi connectivity index (χ0v) is 14.2. The summed E-state index contributed by atoms with van der Waals surface area (Å²) in [5, 5.41) is 1.92. The molecule has 1 heterocycles. The summed E-state index contributed by atoms with van der Waals surface area (Å²) >= 11 is 5.57. The Balaban J connectivity index is 1.63. The molecule has 1 aliphatic heterocycles. The third-order valence-corrected chi connectivity index (χ3v) is 3.74. The number of esters is 1. The van der Waals surface area contributed by atoms with Crippen LogP contribution >= 0.6 is 11.6 Å². The van der Waals surface area contributed by atoms with Crippen molar-refractivity contribution in [3.05, 3.63) is 52.5 Å². The van der Waals surface area contributed by atoms with Gasteiger partial charge in [-0.1, -0.05) is 11.6 Å². The first-order valence-corrected chi connectivity index (χ1v) is 7.85. The van der Waals surface area contributed by atoms with Gasteiger partial charge in [-0.05, 0) is 36.4 Å². The van der Waals surface area contributed by atoms with Gasteiger partial charge in [0.2, 0.25) is 6.79 Å². The van der Waals surface area contributed by atoms with Crippen LogP contribution in [0.15, 0.2) is 36.4 Å². The number of ether oxygens (including phenoxy) is 3. The summed E-state index contributed by atoms with van der Waals surface area (Å²) in [4.78, 5) is 23.8. The van der Waals surface area contributed by atoms with Gasteiger partial charge in [-0.15, -0.1) is 0 Å². The van der Waals surface area contributed by atoms with Crippen molar-refractivity contribution in [3.8, 4) is 11.5 Å². The second-order valence-electron chi connectivity index (χ2n) is 5.38. The molecule has 1 aliphatic rings. The van der Waals surface area contributed by atoms with E-state index >= 15 is 0 Å². The quantitative estimate of drug-likeness (QED) is 0.787. The van der Waals surface area contributed by atoms with E-state index in [1.807, 2.05) is 0 Å². The van der Waals surface area contributed by atoms with Gasteiger partial charge in [-0.2, -0.15) is 13.2 Å². The topological polar surface area (TPSA) is 73.9 Å². The highest BCUT2D eigenvalue weighted by molar-refractivity contribution is 6.30. The van der Waals surface area contributed by atoms with Crippen molar-refractivity contribution in [2.75, 3.05) is 18.7 Å². The Hall–Kier alpha value is -2.94. The number of amides is 1. The van der Waals surface area contributed by atoms with Gasteiger partial charge < -0.3 is 19.5 Å². The number of alkyl halides is 3. The molecule has 142 valence electrons. The lowest BCUT2D eigenvalue weighted by atomic mass is 10.1. The second kappa shape index (κ2) is 7.36. The molecule has 0 atom stereocenters. The Morgan fingerprint density at radius 1 is 1.11 bits per heavy atom. The van der Waals surface area contributed by atoms with Gasteiger partial charge in [-0.25, -0.2) is 4.79 Å². The maximum absolute atomic E-state index is 13.0. The lowest BCUT2D eigenvalue weighted by Crippen LogP contribution is -2.22. The molecule has 0 bridgehead atoms. The number of carbonyl (C=O) groups excluding carboxylic acids is 2. The molecule has 10 heteroatoms. The fourth-order valence-electron chi connectivity index (χ4n) is 2.28. The van der Waals surface area contributed by atoms with Crippen molar-refractivity contribution in [3.63, 3.8) is 0 Å². The normalized spacial score (nSPS) is 12.6. The van der Waals surface area contributed by atoms with Crippen LogP contribution in [0.1, 0.15) is 15.9 Å². The molecule has 0 saturated heterocycles. The van der Waals surface area contributed by atoms with Gasteiger partial charge in [-0.3, -0.25) is 4.79 Å². The van der Waals surface area contributed by atoms with Gasteiger partial charge in [0.15, 0.2) is 18.1 Å². The Labute approximate surface area is 155 Å². The van der Waals surface area contributed by atoms with Crippen molar-refractivity contribution < 1.29 is 37.0 Å². The summed E-state index contributed by atoms with van der Waals surface area (Å²) < 4.78 is 54.1. The third-order valence-electron chi connectivity index (χ3n) is 3.50. The molecule has 0 radical (unpaired) electrons. The molecule has 2 aromatic rings. The average molecular weight is 402 g/mol. The fraction of sp³-hybridized carbons (Fsp3) is 0.176. The number of rotatable bonds is 4. The summed E-state index contributed by atoms with van der Waals surface area (Å²) in [5.41, 5.74) is -1.49. The number of nitrogens with one attached hydrogen (secondary N) is 1. The summed E-state index contributed by atoms with van der Waals surface area (Å²) in [6, 6.07) is 7.20. The van der Waals surface area contributed by atoms with Crippen LogP contribution in [0.3, 0.4) is 0 Å². The lowest BCUT2D eigenvalue weighted by Gasteiger charge is -2.14. The van der Waals surface area contributed by atoms with Crippen LogP contribution in [0.2, 0.25) is 5.02 Å². The smallest absolute Gasteiger partial charge is 0.418 e. The van der Waals surface area contributed by atoms with E-state index < -0.39 is 35.9 Å². The molecule has 27 heavy (non-hydrogen) atoms. The molecule has 0 fully saturated rings. The molecule has 0 aromatic heterocycles. The monoisotopic (exact) mass is 401 g/mol. The third kappa shape index (κ3) is 4.43. The van der Waals surface area contributed by atoms with Crippen LogP contribution in [0.25, 0.3) is 0 Å². The van der Waals surface area contributed by atoms with E-state index in [0.717, 1.165) is 6.07 Å². The molecule has 2 aromatic carbocycles. The van der Waals surface area contributed by atoms with E-state index in [2.05, 4.69) is 5.32 Å². The molecule has 1 amide bonds. The fourth-order valence-corrected chi connectivity index (χ4v) is 2.46. The van der Waals surface area contributed by atoms with Crippen molar-refractivity contribution in [2.24, 2.45) is 0 Å². The Morgan fingerprint density at radius 2 is 1.85 bits per heavy atom. The predicted octanol–water partition coefficient (Wildman–Crippen LogP) is 3.88. The van der Waals surface area contributed by atoms with Crippen molar-refractivity contribution in [2.45, 2.75) is 6.18 Å². The Bertz CT molecular complexity index is 901. The first-order valence-electron chi connectivity index (χ1n) is 7.47. The molecule has 0 aliphatic carbocycles. The van der Waals surface area contributed by atoms with Gasteiger partial charge in [0.25, 0.3) is 5.91 Å². The van der Waals surface area contributed by atoms with E-state index in [9.17, 15) is 22.8 Å². The van der Waals surface area contributed by atoms with Crippen LogP contribution in [-0.2, 0) is 15.7 Å². The summed E-state index contributed by atoms with van der Waals surface area (Å²) in [5.74, 6) is -0.955. The molecule has 0 unspecified atom stereocenters. The number of halogens is 4. The first kappa shape index (κ1) is 18.8. The molecule has 1 N–H and O–H groups in total. The van der Waals surface area contributed by atoms with Crippen LogP contribution < -0.4 is 14.8 Å². The molecule has 3 rings (SSSR count). The SMILES string of the molecule is O=C(COC(=O)c1ccc2c(c1)OCO2)Nc1ccc(Cl)cc1C(F)(F)F. The predicted molar refractivity (Wildman–Crippen MR) is 87.9 cm³/mol. The van der Waals surface area contributed by atoms with Crippen LogP contribution in [0, 0.1) is 0 Å². The number of benzene rings is 2. The van der Waals surface area contributed by atoms with E-state index in [-0.39, 0.29) is 17.4 Å². The molecule has 0 saturated carbocycles. The minimum atomic E-state index is -4.71. The van der Waals surface area contributed by atoms with Gasteiger partial charge >= 0.3 is 12.1 Å². The minimum Gasteiger partial charge on any atom is -0.454 e. The highest BCUT2D eigenvalue weighted by atomic mass is 35.5. The van der Waals surface area contributed by atoms with Gasteiger partial charge in [0, 0.05) is 5.02 Å². The zero-order chi connectivity index (χ0) is 19.6. The zero-order valence-electron chi connectivity index (χ0n) is 13.4. The molecule has 6 nitrogen and oxygen atoms in total. The molecular formula is C17H11ClF3NO5. The highest BCUT2D eigenvalue weighted by Gasteiger charge is 2.34. The van der Waals surface area contributed by atoms with Crippen molar-refractivity contribution in [1.29, 1.82) is 0 Å². The summed E-state index contributed by atoms with van der Waals surface area (Å²) in [7, 11) is 0. The number of hydrogen-bond donors (Lipinski definition) is 1. The maximum atomic E-state index is 13.0.